The molecule has 1 aliphatic rings. The number of carbonyl (C=O) groups is 2. The van der Waals surface area contributed by atoms with Gasteiger partial charge >= 0.3 is 5.97 Å². The second kappa shape index (κ2) is 5.48. The van der Waals surface area contributed by atoms with E-state index in [2.05, 4.69) is 0 Å². The lowest BCUT2D eigenvalue weighted by Gasteiger charge is -2.23. The van der Waals surface area contributed by atoms with Crippen molar-refractivity contribution in [3.63, 3.8) is 0 Å². The maximum Gasteiger partial charge on any atom is 0.308 e. The van der Waals surface area contributed by atoms with Crippen molar-refractivity contribution in [2.45, 2.75) is 32.7 Å². The van der Waals surface area contributed by atoms with Gasteiger partial charge in [-0.2, -0.15) is 0 Å². The summed E-state index contributed by atoms with van der Waals surface area (Å²) in [6.45, 7) is 3.70. The Bertz CT molecular complexity index is 729. The molecule has 1 aromatic heterocycles. The molecule has 1 N–H and O–H groups in total. The molecular formula is C17H19NO4. The average molecular weight is 301 g/mol. The molecule has 2 aromatic rings. The zero-order valence-corrected chi connectivity index (χ0v) is 12.7. The maximum atomic E-state index is 12.8. The van der Waals surface area contributed by atoms with Crippen molar-refractivity contribution in [3.05, 3.63) is 35.6 Å². The van der Waals surface area contributed by atoms with E-state index in [1.807, 2.05) is 31.2 Å². The fourth-order valence-corrected chi connectivity index (χ4v) is 2.67. The Morgan fingerprint density at radius 2 is 2.05 bits per heavy atom. The maximum absolute atomic E-state index is 12.8. The predicted molar refractivity (Wildman–Crippen MR) is 81.8 cm³/mol. The number of rotatable bonds is 5. The van der Waals surface area contributed by atoms with Gasteiger partial charge < -0.3 is 14.4 Å². The highest BCUT2D eigenvalue weighted by molar-refractivity contribution is 5.99. The molecule has 5 heteroatoms. The normalized spacial score (nSPS) is 15.7. The highest BCUT2D eigenvalue weighted by Gasteiger charge is 2.36. The molecular weight excluding hydrogens is 282 g/mol. The first kappa shape index (κ1) is 14.6. The van der Waals surface area contributed by atoms with Gasteiger partial charge in [-0.15, -0.1) is 0 Å². The van der Waals surface area contributed by atoms with Crippen molar-refractivity contribution in [1.29, 1.82) is 0 Å². The summed E-state index contributed by atoms with van der Waals surface area (Å²) in [5.74, 6) is -1.36. The van der Waals surface area contributed by atoms with E-state index in [0.29, 0.717) is 11.3 Å². The van der Waals surface area contributed by atoms with Crippen LogP contribution in [0.2, 0.25) is 0 Å². The van der Waals surface area contributed by atoms with Gasteiger partial charge in [0, 0.05) is 23.5 Å². The standard InChI is InChI=1S/C17H19NO4/c1-10(17(20)21)9-18(12-7-8-12)16(19)15-11(2)13-5-3-4-6-14(13)22-15/h3-6,10,12H,7-9H2,1-2H3,(H,20,21). The summed E-state index contributed by atoms with van der Waals surface area (Å²) in [6.07, 6.45) is 1.86. The molecule has 1 fully saturated rings. The van der Waals surface area contributed by atoms with Crippen LogP contribution in [0.5, 0.6) is 0 Å². The van der Waals surface area contributed by atoms with Crippen LogP contribution >= 0.6 is 0 Å². The molecule has 1 saturated carbocycles. The van der Waals surface area contributed by atoms with E-state index >= 15 is 0 Å². The van der Waals surface area contributed by atoms with E-state index in [9.17, 15) is 9.59 Å². The smallest absolute Gasteiger partial charge is 0.308 e. The lowest BCUT2D eigenvalue weighted by Crippen LogP contribution is -2.38. The number of benzene rings is 1. The Labute approximate surface area is 128 Å². The largest absolute Gasteiger partial charge is 0.481 e. The number of furan rings is 1. The minimum Gasteiger partial charge on any atom is -0.481 e. The predicted octanol–water partition coefficient (Wildman–Crippen LogP) is 3.07. The van der Waals surface area contributed by atoms with Gasteiger partial charge in [0.2, 0.25) is 0 Å². The van der Waals surface area contributed by atoms with Crippen molar-refractivity contribution < 1.29 is 19.1 Å². The molecule has 0 saturated heterocycles. The first-order valence-corrected chi connectivity index (χ1v) is 7.51. The molecule has 3 rings (SSSR count). The fourth-order valence-electron chi connectivity index (χ4n) is 2.67. The summed E-state index contributed by atoms with van der Waals surface area (Å²) in [5, 5.41) is 10.0. The van der Waals surface area contributed by atoms with Gasteiger partial charge in [0.15, 0.2) is 5.76 Å². The van der Waals surface area contributed by atoms with Crippen LogP contribution in [-0.2, 0) is 4.79 Å². The van der Waals surface area contributed by atoms with Crippen LogP contribution in [0.25, 0.3) is 11.0 Å². The fraction of sp³-hybridized carbons (Fsp3) is 0.412. The number of carboxylic acid groups (broad SMARTS) is 1. The number of amides is 1. The molecule has 1 unspecified atom stereocenters. The summed E-state index contributed by atoms with van der Waals surface area (Å²) >= 11 is 0. The van der Waals surface area contributed by atoms with E-state index in [4.69, 9.17) is 9.52 Å². The summed E-state index contributed by atoms with van der Waals surface area (Å²) in [4.78, 5) is 25.6. The van der Waals surface area contributed by atoms with Crippen LogP contribution in [0.4, 0.5) is 0 Å². The minimum atomic E-state index is -0.889. The molecule has 1 heterocycles. The van der Waals surface area contributed by atoms with E-state index in [1.165, 1.54) is 0 Å². The molecule has 0 spiro atoms. The van der Waals surface area contributed by atoms with Crippen LogP contribution in [0.15, 0.2) is 28.7 Å². The van der Waals surface area contributed by atoms with Gasteiger partial charge in [-0.1, -0.05) is 25.1 Å². The monoisotopic (exact) mass is 301 g/mol. The molecule has 0 radical (unpaired) electrons. The van der Waals surface area contributed by atoms with Gasteiger partial charge in [0.1, 0.15) is 5.58 Å². The van der Waals surface area contributed by atoms with Gasteiger partial charge in [-0.05, 0) is 25.8 Å². The second-order valence-corrected chi connectivity index (χ2v) is 5.98. The van der Waals surface area contributed by atoms with Crippen molar-refractivity contribution >= 4 is 22.8 Å². The van der Waals surface area contributed by atoms with Gasteiger partial charge in [-0.3, -0.25) is 9.59 Å². The van der Waals surface area contributed by atoms with Gasteiger partial charge in [0.25, 0.3) is 5.91 Å². The summed E-state index contributed by atoms with van der Waals surface area (Å²) in [5.41, 5.74) is 1.50. The third-order valence-corrected chi connectivity index (χ3v) is 4.18. The van der Waals surface area contributed by atoms with E-state index in [0.717, 1.165) is 23.8 Å². The van der Waals surface area contributed by atoms with Crippen molar-refractivity contribution in [3.8, 4) is 0 Å². The molecule has 0 bridgehead atoms. The number of carboxylic acids is 1. The highest BCUT2D eigenvalue weighted by Crippen LogP contribution is 2.32. The van der Waals surface area contributed by atoms with Crippen LogP contribution in [-0.4, -0.2) is 34.5 Å². The van der Waals surface area contributed by atoms with Crippen molar-refractivity contribution in [2.75, 3.05) is 6.54 Å². The molecule has 22 heavy (non-hydrogen) atoms. The SMILES string of the molecule is Cc1c(C(=O)N(CC(C)C(=O)O)C2CC2)oc2ccccc12. The van der Waals surface area contributed by atoms with Crippen molar-refractivity contribution in [1.82, 2.24) is 4.90 Å². The Kier molecular flexibility index (Phi) is 3.64. The lowest BCUT2D eigenvalue weighted by molar-refractivity contribution is -0.141. The lowest BCUT2D eigenvalue weighted by atomic mass is 10.1. The quantitative estimate of drug-likeness (QED) is 0.921. The average Bonchev–Trinajstić information content (AvgIpc) is 3.28. The zero-order chi connectivity index (χ0) is 15.9. The minimum absolute atomic E-state index is 0.141. The molecule has 5 nitrogen and oxygen atoms in total. The molecule has 1 aromatic carbocycles. The number of hydrogen-bond acceptors (Lipinski definition) is 3. The molecule has 1 atom stereocenters. The number of aryl methyl sites for hydroxylation is 1. The van der Waals surface area contributed by atoms with Crippen molar-refractivity contribution in [2.24, 2.45) is 5.92 Å². The molecule has 0 aliphatic heterocycles. The summed E-state index contributed by atoms with van der Waals surface area (Å²) in [7, 11) is 0. The Hall–Kier alpha value is -2.30. The van der Waals surface area contributed by atoms with E-state index in [1.54, 1.807) is 11.8 Å². The molecule has 1 amide bonds. The zero-order valence-electron chi connectivity index (χ0n) is 12.7. The number of fused-ring (bicyclic) bond motifs is 1. The summed E-state index contributed by atoms with van der Waals surface area (Å²) < 4.78 is 5.72. The Morgan fingerprint density at radius 1 is 1.36 bits per heavy atom. The molecule has 1 aliphatic carbocycles. The van der Waals surface area contributed by atoms with Crippen LogP contribution in [0, 0.1) is 12.8 Å². The third kappa shape index (κ3) is 2.58. The van der Waals surface area contributed by atoms with Gasteiger partial charge in [-0.25, -0.2) is 0 Å². The second-order valence-electron chi connectivity index (χ2n) is 5.98. The van der Waals surface area contributed by atoms with Crippen LogP contribution in [0.1, 0.15) is 35.9 Å². The first-order valence-electron chi connectivity index (χ1n) is 7.51. The summed E-state index contributed by atoms with van der Waals surface area (Å²) in [6, 6.07) is 7.67. The first-order chi connectivity index (χ1) is 10.5. The molecule has 116 valence electrons. The van der Waals surface area contributed by atoms with E-state index < -0.39 is 11.9 Å². The Morgan fingerprint density at radius 3 is 2.64 bits per heavy atom. The van der Waals surface area contributed by atoms with E-state index in [-0.39, 0.29) is 18.5 Å². The highest BCUT2D eigenvalue weighted by atomic mass is 16.4. The third-order valence-electron chi connectivity index (χ3n) is 4.18. The number of nitrogens with zero attached hydrogens (tertiary/aromatic N) is 1. The van der Waals surface area contributed by atoms with Crippen LogP contribution < -0.4 is 0 Å². The topological polar surface area (TPSA) is 70.8 Å². The Balaban J connectivity index is 1.92. The van der Waals surface area contributed by atoms with Gasteiger partial charge in [0.05, 0.1) is 5.92 Å². The van der Waals surface area contributed by atoms with Crippen LogP contribution in [0.3, 0.4) is 0 Å². The number of para-hydroxylation sites is 1. The number of carbonyl (C=O) groups excluding carboxylic acids is 1. The number of hydrogen-bond donors (Lipinski definition) is 1. The number of aliphatic carboxylic acids is 1.